The van der Waals surface area contributed by atoms with Gasteiger partial charge in [0.25, 0.3) is 11.8 Å². The fourth-order valence-corrected chi connectivity index (χ4v) is 4.75. The molecule has 1 fully saturated rings. The largest absolute Gasteiger partial charge is 0.461 e. The van der Waals surface area contributed by atoms with E-state index in [4.69, 9.17) is 10.2 Å². The molecule has 3 heterocycles. The van der Waals surface area contributed by atoms with E-state index >= 15 is 0 Å². The first-order chi connectivity index (χ1) is 19.2. The maximum absolute atomic E-state index is 13.4. The van der Waals surface area contributed by atoms with E-state index in [2.05, 4.69) is 10.3 Å². The summed E-state index contributed by atoms with van der Waals surface area (Å²) in [5.74, 6) is -1.95. The minimum Gasteiger partial charge on any atom is -0.461 e. The number of pyridine rings is 1. The third kappa shape index (κ3) is 6.36. The van der Waals surface area contributed by atoms with Crippen LogP contribution in [0.5, 0.6) is 0 Å². The number of carbonyl (C=O) groups is 2. The Bertz CT molecular complexity index is 1550. The summed E-state index contributed by atoms with van der Waals surface area (Å²) in [5, 5.41) is 3.80. The third-order valence-corrected chi connectivity index (χ3v) is 7.01. The standard InChI is InChI=1S/C31H30F2N4O3/c1-20-16-24(22-4-6-23(7-5-22)30(39)37-14-11-31(32,33)12-15-37)17-25-18-26(40-29(20)25)10-13-35-28(38)9-3-21-2-8-27(34)36-19-21/h2-9,16-19H,10-15H2,1H3,(H2,34,36)(H,35,38)/b9-3+. The fraction of sp³-hybridized carbons (Fsp3) is 0.258. The molecule has 0 unspecified atom stereocenters. The first-order valence-electron chi connectivity index (χ1n) is 13.1. The highest BCUT2D eigenvalue weighted by molar-refractivity contribution is 5.95. The van der Waals surface area contributed by atoms with E-state index in [1.165, 1.54) is 11.0 Å². The van der Waals surface area contributed by atoms with Crippen molar-refractivity contribution < 1.29 is 22.8 Å². The van der Waals surface area contributed by atoms with Crippen LogP contribution in [0.1, 0.15) is 40.1 Å². The predicted molar refractivity (Wildman–Crippen MR) is 151 cm³/mol. The number of nitrogens with zero attached hydrogens (tertiary/aromatic N) is 2. The minimum atomic E-state index is -2.69. The van der Waals surface area contributed by atoms with Gasteiger partial charge in [0, 0.05) is 62.1 Å². The topological polar surface area (TPSA) is 101 Å². The lowest BCUT2D eigenvalue weighted by Gasteiger charge is -2.31. The number of rotatable bonds is 7. The number of hydrogen-bond acceptors (Lipinski definition) is 5. The Labute approximate surface area is 230 Å². The molecule has 0 atom stereocenters. The number of fused-ring (bicyclic) bond motifs is 1. The van der Waals surface area contributed by atoms with Crippen LogP contribution in [0.15, 0.2) is 71.3 Å². The van der Waals surface area contributed by atoms with Crippen LogP contribution in [0, 0.1) is 6.92 Å². The van der Waals surface area contributed by atoms with Crippen molar-refractivity contribution in [1.82, 2.24) is 15.2 Å². The second-order valence-corrected chi connectivity index (χ2v) is 10.0. The average molecular weight is 545 g/mol. The maximum atomic E-state index is 13.4. The van der Waals surface area contributed by atoms with E-state index in [-0.39, 0.29) is 37.7 Å². The number of amides is 2. The van der Waals surface area contributed by atoms with Crippen LogP contribution in [0.2, 0.25) is 0 Å². The molecule has 0 spiro atoms. The zero-order chi connectivity index (χ0) is 28.3. The number of piperidine rings is 1. The van der Waals surface area contributed by atoms with Crippen LogP contribution >= 0.6 is 0 Å². The van der Waals surface area contributed by atoms with E-state index < -0.39 is 5.92 Å². The zero-order valence-corrected chi connectivity index (χ0v) is 22.1. The number of alkyl halides is 2. The summed E-state index contributed by atoms with van der Waals surface area (Å²) < 4.78 is 32.9. The molecule has 2 amide bonds. The zero-order valence-electron chi connectivity index (χ0n) is 22.1. The van der Waals surface area contributed by atoms with Crippen molar-refractivity contribution in [2.45, 2.75) is 32.1 Å². The summed E-state index contributed by atoms with van der Waals surface area (Å²) in [6.07, 6.45) is 4.66. The first kappa shape index (κ1) is 27.1. The Balaban J connectivity index is 1.20. The van der Waals surface area contributed by atoms with Crippen LogP contribution in [-0.4, -0.2) is 47.3 Å². The summed E-state index contributed by atoms with van der Waals surface area (Å²) in [5.41, 5.74) is 10.5. The molecule has 0 aliphatic carbocycles. The number of hydrogen-bond donors (Lipinski definition) is 2. The summed E-state index contributed by atoms with van der Waals surface area (Å²) in [6.45, 7) is 2.52. The molecule has 4 aromatic rings. The number of furan rings is 1. The lowest BCUT2D eigenvalue weighted by atomic mass is 9.99. The van der Waals surface area contributed by atoms with Crippen molar-refractivity contribution >= 4 is 34.7 Å². The number of benzene rings is 2. The van der Waals surface area contributed by atoms with Gasteiger partial charge in [-0.2, -0.15) is 0 Å². The molecule has 7 nitrogen and oxygen atoms in total. The molecule has 1 aliphatic rings. The van der Waals surface area contributed by atoms with Crippen molar-refractivity contribution in [2.24, 2.45) is 0 Å². The molecule has 9 heteroatoms. The van der Waals surface area contributed by atoms with Gasteiger partial charge in [-0.25, -0.2) is 13.8 Å². The smallest absolute Gasteiger partial charge is 0.253 e. The van der Waals surface area contributed by atoms with E-state index in [1.807, 2.05) is 37.3 Å². The van der Waals surface area contributed by atoms with Crippen molar-refractivity contribution in [1.29, 1.82) is 0 Å². The van der Waals surface area contributed by atoms with E-state index in [0.717, 1.165) is 39.0 Å². The number of nitrogens with one attached hydrogen (secondary N) is 1. The number of aromatic nitrogens is 1. The van der Waals surface area contributed by atoms with Gasteiger partial charge in [0.05, 0.1) is 0 Å². The molecule has 1 saturated heterocycles. The van der Waals surface area contributed by atoms with Crippen LogP contribution in [0.3, 0.4) is 0 Å². The van der Waals surface area contributed by atoms with Crippen LogP contribution in [0.25, 0.3) is 28.2 Å². The Kier molecular flexibility index (Phi) is 7.64. The Hall–Kier alpha value is -4.53. The van der Waals surface area contributed by atoms with Gasteiger partial charge in [-0.15, -0.1) is 0 Å². The van der Waals surface area contributed by atoms with Crippen molar-refractivity contribution in [3.63, 3.8) is 0 Å². The molecule has 0 bridgehead atoms. The van der Waals surface area contributed by atoms with Crippen LogP contribution < -0.4 is 11.1 Å². The average Bonchev–Trinajstić information content (AvgIpc) is 3.36. The minimum absolute atomic E-state index is 0.0635. The first-order valence-corrected chi connectivity index (χ1v) is 13.1. The summed E-state index contributed by atoms with van der Waals surface area (Å²) in [6, 6.07) is 16.7. The Morgan fingerprint density at radius 2 is 1.82 bits per heavy atom. The number of aryl methyl sites for hydroxylation is 1. The third-order valence-electron chi connectivity index (χ3n) is 7.01. The molecule has 0 radical (unpaired) electrons. The predicted octanol–water partition coefficient (Wildman–Crippen LogP) is 5.63. The van der Waals surface area contributed by atoms with Gasteiger partial charge < -0.3 is 20.4 Å². The normalized spacial score (nSPS) is 15.0. The maximum Gasteiger partial charge on any atom is 0.253 e. The molecular weight excluding hydrogens is 514 g/mol. The molecule has 206 valence electrons. The monoisotopic (exact) mass is 544 g/mol. The molecule has 0 saturated carbocycles. The van der Waals surface area contributed by atoms with Gasteiger partial charge in [0.1, 0.15) is 17.2 Å². The van der Waals surface area contributed by atoms with Gasteiger partial charge in [0.2, 0.25) is 5.91 Å². The molecule has 5 rings (SSSR count). The molecule has 40 heavy (non-hydrogen) atoms. The van der Waals surface area contributed by atoms with Gasteiger partial charge in [-0.3, -0.25) is 9.59 Å². The van der Waals surface area contributed by atoms with E-state index in [9.17, 15) is 18.4 Å². The SMILES string of the molecule is Cc1cc(-c2ccc(C(=O)N3CCC(F)(F)CC3)cc2)cc2cc(CCNC(=O)/C=C/c3ccc(N)nc3)oc12. The van der Waals surface area contributed by atoms with E-state index in [1.54, 1.807) is 36.5 Å². The molecule has 2 aromatic heterocycles. The Morgan fingerprint density at radius 1 is 1.07 bits per heavy atom. The number of anilines is 1. The van der Waals surface area contributed by atoms with Gasteiger partial charge >= 0.3 is 0 Å². The molecular formula is C31H30F2N4O3. The quantitative estimate of drug-likeness (QED) is 0.294. The second kappa shape index (κ2) is 11.3. The molecule has 2 aromatic carbocycles. The van der Waals surface area contributed by atoms with Crippen molar-refractivity contribution in [2.75, 3.05) is 25.4 Å². The molecule has 3 N–H and O–H groups in total. The van der Waals surface area contributed by atoms with E-state index in [0.29, 0.717) is 24.3 Å². The van der Waals surface area contributed by atoms with Gasteiger partial charge in [-0.1, -0.05) is 12.1 Å². The van der Waals surface area contributed by atoms with Crippen molar-refractivity contribution in [3.8, 4) is 11.1 Å². The van der Waals surface area contributed by atoms with Gasteiger partial charge in [0.15, 0.2) is 0 Å². The number of halogens is 2. The highest BCUT2D eigenvalue weighted by Gasteiger charge is 2.35. The summed E-state index contributed by atoms with van der Waals surface area (Å²) in [7, 11) is 0. The van der Waals surface area contributed by atoms with Gasteiger partial charge in [-0.05, 0) is 77.7 Å². The second-order valence-electron chi connectivity index (χ2n) is 10.0. The fourth-order valence-electron chi connectivity index (χ4n) is 4.75. The van der Waals surface area contributed by atoms with Crippen molar-refractivity contribution in [3.05, 3.63) is 89.3 Å². The highest BCUT2D eigenvalue weighted by Crippen LogP contribution is 2.31. The lowest BCUT2D eigenvalue weighted by Crippen LogP contribution is -2.42. The number of likely N-dealkylation sites (tertiary alicyclic amines) is 1. The summed E-state index contributed by atoms with van der Waals surface area (Å²) >= 11 is 0. The summed E-state index contributed by atoms with van der Waals surface area (Å²) in [4.78, 5) is 30.4. The highest BCUT2D eigenvalue weighted by atomic mass is 19.3. The van der Waals surface area contributed by atoms with Crippen LogP contribution in [0.4, 0.5) is 14.6 Å². The number of nitrogens with two attached hydrogens (primary N) is 1. The molecule has 1 aliphatic heterocycles. The lowest BCUT2D eigenvalue weighted by molar-refractivity contribution is -0.116. The Morgan fingerprint density at radius 3 is 2.52 bits per heavy atom. The number of carbonyl (C=O) groups excluding carboxylic acids is 2. The number of nitrogen functional groups attached to an aromatic ring is 1. The van der Waals surface area contributed by atoms with Crippen LogP contribution in [-0.2, 0) is 11.2 Å².